The number of hydrogen-bond acceptors (Lipinski definition) is 2. The Balaban J connectivity index is 2.69. The van der Waals surface area contributed by atoms with Crippen LogP contribution >= 0.6 is 0 Å². The monoisotopic (exact) mass is 175 g/mol. The molecule has 0 N–H and O–H groups in total. The molecule has 0 aliphatic rings. The van der Waals surface area contributed by atoms with Crippen LogP contribution in [-0.2, 0) is 0 Å². The number of rotatable bonds is 3. The van der Waals surface area contributed by atoms with Gasteiger partial charge in [0.1, 0.15) is 5.75 Å². The molecule has 0 spiro atoms. The third kappa shape index (κ3) is 3.11. The zero-order valence-electron chi connectivity index (χ0n) is 7.90. The summed E-state index contributed by atoms with van der Waals surface area (Å²) in [4.78, 5) is 4.07. The minimum absolute atomic E-state index is 0.864. The van der Waals surface area contributed by atoms with E-state index in [-0.39, 0.29) is 0 Å². The first kappa shape index (κ1) is 9.52. The standard InChI is InChI=1S/C11H13NO/c1-3-8-12-9-10-4-6-11(13-2)7-5-10/h3-9H,1-2H3. The van der Waals surface area contributed by atoms with Gasteiger partial charge >= 0.3 is 0 Å². The maximum atomic E-state index is 5.04. The summed E-state index contributed by atoms with van der Waals surface area (Å²) in [6.07, 6.45) is 5.45. The Morgan fingerprint density at radius 2 is 1.92 bits per heavy atom. The Morgan fingerprint density at radius 3 is 2.46 bits per heavy atom. The first-order valence-electron chi connectivity index (χ1n) is 4.15. The van der Waals surface area contributed by atoms with Gasteiger partial charge in [-0.1, -0.05) is 6.08 Å². The van der Waals surface area contributed by atoms with Crippen LogP contribution in [0.1, 0.15) is 12.5 Å². The molecule has 0 aliphatic carbocycles. The van der Waals surface area contributed by atoms with Gasteiger partial charge < -0.3 is 4.74 Å². The Hall–Kier alpha value is -1.57. The predicted molar refractivity (Wildman–Crippen MR) is 55.4 cm³/mol. The number of aliphatic imine (C=N–C) groups is 1. The molecule has 2 heteroatoms. The molecule has 13 heavy (non-hydrogen) atoms. The lowest BCUT2D eigenvalue weighted by molar-refractivity contribution is 0.415. The highest BCUT2D eigenvalue weighted by Crippen LogP contribution is 2.09. The molecule has 1 aromatic rings. The summed E-state index contributed by atoms with van der Waals surface area (Å²) in [5.74, 6) is 0.864. The van der Waals surface area contributed by atoms with Gasteiger partial charge in [-0.05, 0) is 36.8 Å². The molecular formula is C11H13NO. The normalized spacial score (nSPS) is 11.2. The molecule has 0 radical (unpaired) electrons. The highest BCUT2D eigenvalue weighted by atomic mass is 16.5. The lowest BCUT2D eigenvalue weighted by Gasteiger charge is -1.97. The van der Waals surface area contributed by atoms with Crippen LogP contribution < -0.4 is 4.74 Å². The summed E-state index contributed by atoms with van der Waals surface area (Å²) in [6.45, 7) is 1.94. The van der Waals surface area contributed by atoms with Crippen LogP contribution in [0.2, 0.25) is 0 Å². The molecule has 0 bridgehead atoms. The van der Waals surface area contributed by atoms with Crippen molar-refractivity contribution in [1.29, 1.82) is 0 Å². The molecule has 0 unspecified atom stereocenters. The van der Waals surface area contributed by atoms with Crippen molar-refractivity contribution in [2.75, 3.05) is 7.11 Å². The summed E-state index contributed by atoms with van der Waals surface area (Å²) >= 11 is 0. The first-order valence-corrected chi connectivity index (χ1v) is 4.15. The third-order valence-electron chi connectivity index (χ3n) is 1.57. The maximum Gasteiger partial charge on any atom is 0.118 e. The van der Waals surface area contributed by atoms with Crippen molar-refractivity contribution < 1.29 is 4.74 Å². The smallest absolute Gasteiger partial charge is 0.118 e. The summed E-state index contributed by atoms with van der Waals surface area (Å²) < 4.78 is 5.04. The van der Waals surface area contributed by atoms with E-state index >= 15 is 0 Å². The van der Waals surface area contributed by atoms with Gasteiger partial charge in [0.05, 0.1) is 7.11 Å². The number of methoxy groups -OCH3 is 1. The average Bonchev–Trinajstić information content (AvgIpc) is 2.19. The van der Waals surface area contributed by atoms with E-state index in [1.165, 1.54) is 0 Å². The second-order valence-electron chi connectivity index (χ2n) is 2.53. The molecule has 0 saturated carbocycles. The van der Waals surface area contributed by atoms with Crippen LogP contribution in [0.15, 0.2) is 41.5 Å². The van der Waals surface area contributed by atoms with E-state index in [1.54, 1.807) is 19.5 Å². The lowest BCUT2D eigenvalue weighted by Crippen LogP contribution is -1.83. The van der Waals surface area contributed by atoms with E-state index in [4.69, 9.17) is 4.74 Å². The average molecular weight is 175 g/mol. The minimum atomic E-state index is 0.864. The van der Waals surface area contributed by atoms with Gasteiger partial charge in [-0.25, -0.2) is 0 Å². The summed E-state index contributed by atoms with van der Waals surface area (Å²) in [5, 5.41) is 0. The molecule has 1 aromatic carbocycles. The number of benzene rings is 1. The Morgan fingerprint density at radius 1 is 1.23 bits per heavy atom. The summed E-state index contributed by atoms with van der Waals surface area (Å²) in [7, 11) is 1.66. The third-order valence-corrected chi connectivity index (χ3v) is 1.57. The zero-order valence-corrected chi connectivity index (χ0v) is 7.90. The molecule has 0 aromatic heterocycles. The van der Waals surface area contributed by atoms with Gasteiger partial charge in [-0.3, -0.25) is 4.99 Å². The van der Waals surface area contributed by atoms with Gasteiger partial charge in [0.25, 0.3) is 0 Å². The van der Waals surface area contributed by atoms with E-state index < -0.39 is 0 Å². The maximum absolute atomic E-state index is 5.04. The fourth-order valence-electron chi connectivity index (χ4n) is 0.905. The van der Waals surface area contributed by atoms with Gasteiger partial charge in [-0.15, -0.1) is 0 Å². The summed E-state index contributed by atoms with van der Waals surface area (Å²) in [5.41, 5.74) is 1.07. The van der Waals surface area contributed by atoms with Crippen molar-refractivity contribution in [2.45, 2.75) is 6.92 Å². The Labute approximate surface area is 78.6 Å². The second-order valence-corrected chi connectivity index (χ2v) is 2.53. The van der Waals surface area contributed by atoms with Crippen LogP contribution in [0.25, 0.3) is 0 Å². The van der Waals surface area contributed by atoms with Gasteiger partial charge in [0, 0.05) is 12.4 Å². The van der Waals surface area contributed by atoms with Crippen molar-refractivity contribution >= 4 is 6.21 Å². The highest BCUT2D eigenvalue weighted by Gasteiger charge is 1.89. The van der Waals surface area contributed by atoms with E-state index in [2.05, 4.69) is 4.99 Å². The molecule has 0 saturated heterocycles. The molecule has 0 atom stereocenters. The van der Waals surface area contributed by atoms with Crippen LogP contribution in [-0.4, -0.2) is 13.3 Å². The highest BCUT2D eigenvalue weighted by molar-refractivity contribution is 5.80. The zero-order chi connectivity index (χ0) is 9.52. The number of hydrogen-bond donors (Lipinski definition) is 0. The van der Waals surface area contributed by atoms with Crippen molar-refractivity contribution in [3.63, 3.8) is 0 Å². The van der Waals surface area contributed by atoms with Crippen LogP contribution in [0.5, 0.6) is 5.75 Å². The Kier molecular flexibility index (Phi) is 3.76. The molecule has 68 valence electrons. The van der Waals surface area contributed by atoms with Crippen molar-refractivity contribution in [3.8, 4) is 5.75 Å². The predicted octanol–water partition coefficient (Wildman–Crippen LogP) is 2.65. The fourth-order valence-corrected chi connectivity index (χ4v) is 0.905. The topological polar surface area (TPSA) is 21.6 Å². The molecule has 1 rings (SSSR count). The van der Waals surface area contributed by atoms with Crippen LogP contribution in [0.3, 0.4) is 0 Å². The SMILES string of the molecule is CC=CN=Cc1ccc(OC)cc1. The number of ether oxygens (including phenoxy) is 1. The van der Waals surface area contributed by atoms with Gasteiger partial charge in [0.15, 0.2) is 0 Å². The minimum Gasteiger partial charge on any atom is -0.497 e. The quantitative estimate of drug-likeness (QED) is 0.647. The van der Waals surface area contributed by atoms with E-state index in [0.29, 0.717) is 0 Å². The van der Waals surface area contributed by atoms with E-state index in [0.717, 1.165) is 11.3 Å². The number of allylic oxidation sites excluding steroid dienone is 1. The van der Waals surface area contributed by atoms with Crippen molar-refractivity contribution in [3.05, 3.63) is 42.1 Å². The molecule has 0 heterocycles. The van der Waals surface area contributed by atoms with Gasteiger partial charge in [-0.2, -0.15) is 0 Å². The van der Waals surface area contributed by atoms with E-state index in [9.17, 15) is 0 Å². The lowest BCUT2D eigenvalue weighted by atomic mass is 10.2. The van der Waals surface area contributed by atoms with Gasteiger partial charge in [0.2, 0.25) is 0 Å². The summed E-state index contributed by atoms with van der Waals surface area (Å²) in [6, 6.07) is 7.76. The number of nitrogens with zero attached hydrogens (tertiary/aromatic N) is 1. The van der Waals surface area contributed by atoms with Crippen molar-refractivity contribution in [2.24, 2.45) is 4.99 Å². The van der Waals surface area contributed by atoms with E-state index in [1.807, 2.05) is 37.3 Å². The second kappa shape index (κ2) is 5.14. The van der Waals surface area contributed by atoms with Crippen LogP contribution in [0.4, 0.5) is 0 Å². The molecule has 0 amide bonds. The largest absolute Gasteiger partial charge is 0.497 e. The molecular weight excluding hydrogens is 162 g/mol. The molecule has 0 aliphatic heterocycles. The van der Waals surface area contributed by atoms with Crippen molar-refractivity contribution in [1.82, 2.24) is 0 Å². The first-order chi connectivity index (χ1) is 6.36. The molecule has 2 nitrogen and oxygen atoms in total. The molecule has 0 fully saturated rings. The fraction of sp³-hybridized carbons (Fsp3) is 0.182. The van der Waals surface area contributed by atoms with Crippen LogP contribution in [0, 0.1) is 0 Å². The Bertz CT molecular complexity index is 298.